The van der Waals surface area contributed by atoms with Gasteiger partial charge < -0.3 is 9.64 Å². The fraction of sp³-hybridized carbons (Fsp3) is 0.200. The van der Waals surface area contributed by atoms with Crippen molar-refractivity contribution >= 4 is 16.7 Å². The number of pyridine rings is 1. The van der Waals surface area contributed by atoms with Gasteiger partial charge in [-0.05, 0) is 18.2 Å². The second-order valence-electron chi connectivity index (χ2n) is 5.17. The molecule has 7 heteroatoms. The molecule has 3 heterocycles. The number of ether oxygens (including phenoxy) is 1. The Labute approximate surface area is 124 Å². The number of likely N-dealkylation sites (N-methyl/N-ethyl adjacent to an activating group) is 1. The molecule has 0 radical (unpaired) electrons. The average molecular weight is 302 g/mol. The topological polar surface area (TPSA) is 54.0 Å². The Morgan fingerprint density at radius 2 is 2.05 bits per heavy atom. The summed E-state index contributed by atoms with van der Waals surface area (Å²) >= 11 is 0. The Bertz CT molecular complexity index is 877. The fourth-order valence-corrected chi connectivity index (χ4v) is 2.56. The third kappa shape index (κ3) is 1.89. The van der Waals surface area contributed by atoms with E-state index in [1.807, 2.05) is 18.0 Å². The lowest BCUT2D eigenvalue weighted by molar-refractivity contribution is 0.309. The smallest absolute Gasteiger partial charge is 0.171 e. The molecule has 0 bridgehead atoms. The quantitative estimate of drug-likeness (QED) is 0.751. The summed E-state index contributed by atoms with van der Waals surface area (Å²) in [5.74, 6) is -0.403. The molecular weight excluding hydrogens is 290 g/mol. The van der Waals surface area contributed by atoms with Crippen LogP contribution in [0.2, 0.25) is 0 Å². The standard InChI is InChI=1S/C15H12F2N4O/c1-21-4-5-22-13-3-2-11(18-15(13)21)14-8-6-9(16)10(17)7-12(8)19-20-14/h2-3,6-7H,4-5H2,1H3,(H,19,20). The van der Waals surface area contributed by atoms with E-state index in [0.29, 0.717) is 40.5 Å². The van der Waals surface area contributed by atoms with E-state index >= 15 is 0 Å². The van der Waals surface area contributed by atoms with Gasteiger partial charge in [0.25, 0.3) is 0 Å². The summed E-state index contributed by atoms with van der Waals surface area (Å²) < 4.78 is 32.3. The number of fused-ring (bicyclic) bond motifs is 2. The molecule has 5 nitrogen and oxygen atoms in total. The van der Waals surface area contributed by atoms with Crippen LogP contribution < -0.4 is 9.64 Å². The van der Waals surface area contributed by atoms with Gasteiger partial charge in [-0.2, -0.15) is 5.10 Å². The molecule has 1 aliphatic heterocycles. The van der Waals surface area contributed by atoms with Gasteiger partial charge in [0.2, 0.25) is 0 Å². The van der Waals surface area contributed by atoms with Crippen molar-refractivity contribution in [3.63, 3.8) is 0 Å². The van der Waals surface area contributed by atoms with E-state index in [9.17, 15) is 8.78 Å². The Morgan fingerprint density at radius 1 is 1.23 bits per heavy atom. The maximum absolute atomic E-state index is 13.5. The maximum atomic E-state index is 13.5. The van der Waals surface area contributed by atoms with Crippen molar-refractivity contribution in [3.8, 4) is 17.1 Å². The van der Waals surface area contributed by atoms with Gasteiger partial charge in [-0.15, -0.1) is 0 Å². The van der Waals surface area contributed by atoms with Crippen molar-refractivity contribution in [2.45, 2.75) is 0 Å². The molecule has 3 aromatic rings. The van der Waals surface area contributed by atoms with E-state index in [1.165, 1.54) is 0 Å². The molecule has 22 heavy (non-hydrogen) atoms. The number of nitrogens with zero attached hydrogens (tertiary/aromatic N) is 3. The molecule has 0 fully saturated rings. The summed E-state index contributed by atoms with van der Waals surface area (Å²) in [6.07, 6.45) is 0. The largest absolute Gasteiger partial charge is 0.488 e. The van der Waals surface area contributed by atoms with Crippen molar-refractivity contribution in [2.24, 2.45) is 0 Å². The monoisotopic (exact) mass is 302 g/mol. The first-order valence-corrected chi connectivity index (χ1v) is 6.82. The second kappa shape index (κ2) is 4.66. The van der Waals surface area contributed by atoms with Crippen molar-refractivity contribution in [2.75, 3.05) is 25.1 Å². The highest BCUT2D eigenvalue weighted by Crippen LogP contribution is 2.33. The van der Waals surface area contributed by atoms with Gasteiger partial charge in [-0.1, -0.05) is 0 Å². The molecule has 1 aromatic carbocycles. The average Bonchev–Trinajstić information content (AvgIpc) is 2.91. The van der Waals surface area contributed by atoms with Crippen LogP contribution in [0.3, 0.4) is 0 Å². The van der Waals surface area contributed by atoms with Gasteiger partial charge >= 0.3 is 0 Å². The Morgan fingerprint density at radius 3 is 2.91 bits per heavy atom. The SMILES string of the molecule is CN1CCOc2ccc(-c3n[nH]c4cc(F)c(F)cc34)nc21. The third-order valence-corrected chi connectivity index (χ3v) is 3.73. The number of halogens is 2. The zero-order valence-electron chi connectivity index (χ0n) is 11.7. The van der Waals surface area contributed by atoms with E-state index in [4.69, 9.17) is 4.74 Å². The van der Waals surface area contributed by atoms with Crippen LogP contribution in [-0.2, 0) is 0 Å². The Balaban J connectivity index is 1.89. The first-order valence-electron chi connectivity index (χ1n) is 6.82. The van der Waals surface area contributed by atoms with Crippen LogP contribution in [0.15, 0.2) is 24.3 Å². The molecule has 0 atom stereocenters. The van der Waals surface area contributed by atoms with Crippen LogP contribution >= 0.6 is 0 Å². The van der Waals surface area contributed by atoms with Gasteiger partial charge in [0.15, 0.2) is 23.2 Å². The summed E-state index contributed by atoms with van der Waals surface area (Å²) in [4.78, 5) is 6.52. The summed E-state index contributed by atoms with van der Waals surface area (Å²) in [5.41, 5.74) is 1.49. The van der Waals surface area contributed by atoms with E-state index in [-0.39, 0.29) is 0 Å². The molecule has 0 spiro atoms. The van der Waals surface area contributed by atoms with Crippen LogP contribution in [0.25, 0.3) is 22.3 Å². The van der Waals surface area contributed by atoms with Crippen LogP contribution in [0.4, 0.5) is 14.6 Å². The number of H-pyrrole nitrogens is 1. The fourth-order valence-electron chi connectivity index (χ4n) is 2.56. The van der Waals surface area contributed by atoms with Crippen LogP contribution in [0, 0.1) is 11.6 Å². The number of benzene rings is 1. The van der Waals surface area contributed by atoms with Gasteiger partial charge in [0.05, 0.1) is 17.8 Å². The zero-order chi connectivity index (χ0) is 15.3. The van der Waals surface area contributed by atoms with Gasteiger partial charge in [-0.25, -0.2) is 13.8 Å². The third-order valence-electron chi connectivity index (χ3n) is 3.73. The van der Waals surface area contributed by atoms with Gasteiger partial charge in [-0.3, -0.25) is 5.10 Å². The van der Waals surface area contributed by atoms with Crippen molar-refractivity contribution < 1.29 is 13.5 Å². The first-order chi connectivity index (χ1) is 10.6. The van der Waals surface area contributed by atoms with Crippen molar-refractivity contribution in [3.05, 3.63) is 35.9 Å². The normalized spacial score (nSPS) is 14.0. The Kier molecular flexibility index (Phi) is 2.75. The Hall–Kier alpha value is -2.70. The van der Waals surface area contributed by atoms with Crippen molar-refractivity contribution in [1.29, 1.82) is 0 Å². The molecular formula is C15H12F2N4O. The molecule has 0 saturated carbocycles. The predicted molar refractivity (Wildman–Crippen MR) is 78.0 cm³/mol. The molecule has 4 rings (SSSR count). The molecule has 0 saturated heterocycles. The lowest BCUT2D eigenvalue weighted by Crippen LogP contribution is -2.29. The number of hydrogen-bond donors (Lipinski definition) is 1. The van der Waals surface area contributed by atoms with Gasteiger partial charge in [0, 0.05) is 18.5 Å². The molecule has 0 amide bonds. The predicted octanol–water partition coefficient (Wildman–Crippen LogP) is 2.73. The summed E-state index contributed by atoms with van der Waals surface area (Å²) in [7, 11) is 1.93. The van der Waals surface area contributed by atoms with E-state index in [1.54, 1.807) is 6.07 Å². The van der Waals surface area contributed by atoms with Gasteiger partial charge in [0.1, 0.15) is 12.3 Å². The molecule has 1 aliphatic rings. The first kappa shape index (κ1) is 13.0. The van der Waals surface area contributed by atoms with Crippen LogP contribution in [0.1, 0.15) is 0 Å². The minimum absolute atomic E-state index is 0.429. The summed E-state index contributed by atoms with van der Waals surface area (Å²) in [6, 6.07) is 5.79. The number of hydrogen-bond acceptors (Lipinski definition) is 4. The zero-order valence-corrected chi connectivity index (χ0v) is 11.7. The highest BCUT2D eigenvalue weighted by Gasteiger charge is 2.19. The summed E-state index contributed by atoms with van der Waals surface area (Å²) in [6.45, 7) is 1.35. The minimum atomic E-state index is -0.909. The van der Waals surface area contributed by atoms with E-state index < -0.39 is 11.6 Å². The number of aromatic nitrogens is 3. The van der Waals surface area contributed by atoms with Crippen LogP contribution in [-0.4, -0.2) is 35.4 Å². The van der Waals surface area contributed by atoms with Crippen LogP contribution in [0.5, 0.6) is 5.75 Å². The lowest BCUT2D eigenvalue weighted by Gasteiger charge is -2.26. The van der Waals surface area contributed by atoms with Crippen molar-refractivity contribution in [1.82, 2.24) is 15.2 Å². The number of rotatable bonds is 1. The number of nitrogens with one attached hydrogen (secondary N) is 1. The highest BCUT2D eigenvalue weighted by molar-refractivity contribution is 5.92. The molecule has 2 aromatic heterocycles. The number of anilines is 1. The molecule has 112 valence electrons. The number of aromatic amines is 1. The maximum Gasteiger partial charge on any atom is 0.171 e. The molecule has 0 unspecified atom stereocenters. The molecule has 1 N–H and O–H groups in total. The summed E-state index contributed by atoms with van der Waals surface area (Å²) in [5, 5.41) is 7.34. The highest BCUT2D eigenvalue weighted by atomic mass is 19.2. The minimum Gasteiger partial charge on any atom is -0.488 e. The van der Waals surface area contributed by atoms with E-state index in [2.05, 4.69) is 15.2 Å². The van der Waals surface area contributed by atoms with E-state index in [0.717, 1.165) is 18.7 Å². The molecule has 0 aliphatic carbocycles. The second-order valence-corrected chi connectivity index (χ2v) is 5.17. The lowest BCUT2D eigenvalue weighted by atomic mass is 10.1.